The number of aromatic nitrogens is 2. The average Bonchev–Trinajstić information content (AvgIpc) is 3.12. The molecule has 0 saturated carbocycles. The molecule has 2 heterocycles. The Kier molecular flexibility index (Phi) is 5.88. The van der Waals surface area contributed by atoms with Crippen LogP contribution in [0.15, 0.2) is 36.4 Å². The molecule has 1 fully saturated rings. The summed E-state index contributed by atoms with van der Waals surface area (Å²) in [5.74, 6) is -4.81. The van der Waals surface area contributed by atoms with Gasteiger partial charge in [-0.1, -0.05) is 23.7 Å². The molecular weight excluding hydrogens is 471 g/mol. The van der Waals surface area contributed by atoms with E-state index in [1.54, 1.807) is 0 Å². The van der Waals surface area contributed by atoms with E-state index in [0.717, 1.165) is 9.58 Å². The number of fused-ring (bicyclic) bond motifs is 1. The Hall–Kier alpha value is -4.12. The maximum atomic E-state index is 14.1. The third-order valence-electron chi connectivity index (χ3n) is 5.50. The first-order valence-electron chi connectivity index (χ1n) is 9.92. The van der Waals surface area contributed by atoms with Gasteiger partial charge in [0.05, 0.1) is 22.5 Å². The molecule has 34 heavy (non-hydrogen) atoms. The van der Waals surface area contributed by atoms with Crippen LogP contribution in [0.3, 0.4) is 0 Å². The molecule has 10 nitrogen and oxygen atoms in total. The average molecular weight is 487 g/mol. The number of imide groups is 1. The normalized spacial score (nSPS) is 15.3. The number of nitrogens with two attached hydrogens (primary N) is 1. The van der Waals surface area contributed by atoms with Crippen molar-refractivity contribution < 1.29 is 33.5 Å². The van der Waals surface area contributed by atoms with Crippen molar-refractivity contribution in [2.75, 3.05) is 0 Å². The maximum Gasteiger partial charge on any atom is 0.335 e. The molecular formula is C22H16ClFN4O6. The number of nitrogens with zero attached hydrogens (tertiary/aromatic N) is 3. The van der Waals surface area contributed by atoms with Crippen LogP contribution in [0.4, 0.5) is 4.39 Å². The summed E-state index contributed by atoms with van der Waals surface area (Å²) in [7, 11) is 0. The summed E-state index contributed by atoms with van der Waals surface area (Å²) in [6.07, 6.45) is -0.566. The molecule has 1 unspecified atom stereocenters. The summed E-state index contributed by atoms with van der Waals surface area (Å²) in [4.78, 5) is 61.5. The monoisotopic (exact) mass is 486 g/mol. The first-order chi connectivity index (χ1) is 16.1. The number of carbonyl (C=O) groups excluding carboxylic acids is 4. The van der Waals surface area contributed by atoms with Crippen molar-refractivity contribution in [2.45, 2.75) is 25.4 Å². The molecule has 0 bridgehead atoms. The molecule has 0 spiro atoms. The number of amides is 3. The lowest BCUT2D eigenvalue weighted by Crippen LogP contribution is -2.60. The van der Waals surface area contributed by atoms with Crippen LogP contribution < -0.4 is 5.73 Å². The number of benzene rings is 2. The zero-order chi connectivity index (χ0) is 24.7. The molecule has 2 aromatic carbocycles. The van der Waals surface area contributed by atoms with E-state index in [2.05, 4.69) is 5.10 Å². The number of ketones is 1. The number of likely N-dealkylation sites (tertiary alicyclic amines) is 1. The minimum absolute atomic E-state index is 0.0441. The number of primary amides is 1. The van der Waals surface area contributed by atoms with Crippen LogP contribution in [0.25, 0.3) is 10.9 Å². The quantitative estimate of drug-likeness (QED) is 0.480. The summed E-state index contributed by atoms with van der Waals surface area (Å²) in [6, 6.07) is 6.95. The van der Waals surface area contributed by atoms with Gasteiger partial charge in [-0.2, -0.15) is 5.10 Å². The van der Waals surface area contributed by atoms with Crippen molar-refractivity contribution in [1.82, 2.24) is 14.7 Å². The maximum absolute atomic E-state index is 14.1. The van der Waals surface area contributed by atoms with Gasteiger partial charge in [-0.3, -0.25) is 28.8 Å². The molecule has 3 amide bonds. The van der Waals surface area contributed by atoms with Gasteiger partial charge in [-0.25, -0.2) is 9.18 Å². The van der Waals surface area contributed by atoms with Gasteiger partial charge in [0.2, 0.25) is 5.91 Å². The predicted octanol–water partition coefficient (Wildman–Crippen LogP) is 1.57. The van der Waals surface area contributed by atoms with Crippen LogP contribution in [-0.4, -0.2) is 55.3 Å². The van der Waals surface area contributed by atoms with E-state index in [9.17, 15) is 33.5 Å². The van der Waals surface area contributed by atoms with E-state index in [1.165, 1.54) is 36.4 Å². The van der Waals surface area contributed by atoms with Crippen LogP contribution in [-0.2, 0) is 27.3 Å². The highest BCUT2D eigenvalue weighted by atomic mass is 35.5. The lowest BCUT2D eigenvalue weighted by molar-refractivity contribution is -0.162. The van der Waals surface area contributed by atoms with Crippen LogP contribution in [0, 0.1) is 5.82 Å². The summed E-state index contributed by atoms with van der Waals surface area (Å²) in [5.41, 5.74) is 5.26. The number of carbonyl (C=O) groups is 5. The van der Waals surface area contributed by atoms with Crippen LogP contribution in [0.1, 0.15) is 32.8 Å². The summed E-state index contributed by atoms with van der Waals surface area (Å²) < 4.78 is 15.2. The highest BCUT2D eigenvalue weighted by Crippen LogP contribution is 2.26. The Morgan fingerprint density at radius 3 is 2.59 bits per heavy atom. The number of carboxylic acids is 1. The van der Waals surface area contributed by atoms with Gasteiger partial charge in [-0.15, -0.1) is 0 Å². The van der Waals surface area contributed by atoms with Crippen molar-refractivity contribution in [2.24, 2.45) is 5.73 Å². The van der Waals surface area contributed by atoms with E-state index in [-0.39, 0.29) is 45.6 Å². The zero-order valence-corrected chi connectivity index (χ0v) is 18.1. The SMILES string of the molecule is NC(=O)c1nn(CC(=O)N2C(=O)CC2C(=O)Cc2cccc(Cl)c2F)c2ccc(C(=O)O)cc12. The second-order valence-corrected chi connectivity index (χ2v) is 8.05. The molecule has 3 aromatic rings. The highest BCUT2D eigenvalue weighted by Gasteiger charge is 2.45. The summed E-state index contributed by atoms with van der Waals surface area (Å²) in [5, 5.41) is 13.2. The van der Waals surface area contributed by atoms with Crippen molar-refractivity contribution >= 4 is 52.0 Å². The number of halogens is 2. The van der Waals surface area contributed by atoms with Gasteiger partial charge in [0.15, 0.2) is 11.5 Å². The van der Waals surface area contributed by atoms with Gasteiger partial charge in [0.25, 0.3) is 11.8 Å². The van der Waals surface area contributed by atoms with E-state index < -0.39 is 47.9 Å². The first kappa shape index (κ1) is 23.1. The molecule has 1 aliphatic rings. The minimum atomic E-state index is -1.23. The Morgan fingerprint density at radius 1 is 1.21 bits per heavy atom. The fraction of sp³-hybridized carbons (Fsp3) is 0.182. The lowest BCUT2D eigenvalue weighted by atomic mass is 9.93. The van der Waals surface area contributed by atoms with E-state index in [4.69, 9.17) is 17.3 Å². The third kappa shape index (κ3) is 4.01. The van der Waals surface area contributed by atoms with E-state index in [1.807, 2.05) is 0 Å². The Balaban J connectivity index is 1.57. The van der Waals surface area contributed by atoms with Gasteiger partial charge < -0.3 is 10.8 Å². The number of Topliss-reactive ketones (excluding diaryl/α,β-unsaturated/α-hetero) is 1. The fourth-order valence-electron chi connectivity index (χ4n) is 3.80. The topological polar surface area (TPSA) is 153 Å². The summed E-state index contributed by atoms with van der Waals surface area (Å²) in [6.45, 7) is -0.517. The Labute approximate surface area is 195 Å². The van der Waals surface area contributed by atoms with Gasteiger partial charge in [0.1, 0.15) is 18.4 Å². The van der Waals surface area contributed by atoms with Crippen molar-refractivity contribution in [3.8, 4) is 0 Å². The highest BCUT2D eigenvalue weighted by molar-refractivity contribution is 6.30. The lowest BCUT2D eigenvalue weighted by Gasteiger charge is -2.37. The number of β-lactam (4-membered cyclic amide) rings is 1. The van der Waals surface area contributed by atoms with Crippen LogP contribution in [0.5, 0.6) is 0 Å². The number of rotatable bonds is 7. The van der Waals surface area contributed by atoms with Crippen LogP contribution in [0.2, 0.25) is 5.02 Å². The molecule has 4 rings (SSSR count). The Bertz CT molecular complexity index is 1400. The standard InChI is InChI=1S/C22H16ClFN4O6/c23-13-3-1-2-10(19(13)24)7-16(29)15-8-17(30)28(15)18(31)9-27-14-5-4-11(22(33)34)6-12(14)20(26-27)21(25)32/h1-6,15H,7-9H2,(H2,25,32)(H,33,34). The molecule has 12 heteroatoms. The zero-order valence-electron chi connectivity index (χ0n) is 17.3. The molecule has 1 aromatic heterocycles. The molecule has 0 aliphatic carbocycles. The second kappa shape index (κ2) is 8.67. The second-order valence-electron chi connectivity index (χ2n) is 7.64. The van der Waals surface area contributed by atoms with Crippen molar-refractivity contribution in [1.29, 1.82) is 0 Å². The van der Waals surface area contributed by atoms with Gasteiger partial charge >= 0.3 is 5.97 Å². The largest absolute Gasteiger partial charge is 0.478 e. The fourth-order valence-corrected chi connectivity index (χ4v) is 3.99. The first-order valence-corrected chi connectivity index (χ1v) is 10.3. The minimum Gasteiger partial charge on any atom is -0.478 e. The van der Waals surface area contributed by atoms with Gasteiger partial charge in [0, 0.05) is 11.8 Å². The molecule has 1 atom stereocenters. The van der Waals surface area contributed by atoms with Gasteiger partial charge in [-0.05, 0) is 29.8 Å². The Morgan fingerprint density at radius 2 is 1.94 bits per heavy atom. The molecule has 174 valence electrons. The molecule has 1 saturated heterocycles. The predicted molar refractivity (Wildman–Crippen MR) is 116 cm³/mol. The van der Waals surface area contributed by atoms with E-state index >= 15 is 0 Å². The number of carboxylic acid groups (broad SMARTS) is 1. The summed E-state index contributed by atoms with van der Waals surface area (Å²) >= 11 is 5.74. The molecule has 0 radical (unpaired) electrons. The van der Waals surface area contributed by atoms with E-state index in [0.29, 0.717) is 0 Å². The molecule has 1 aliphatic heterocycles. The van der Waals surface area contributed by atoms with Crippen molar-refractivity contribution in [3.05, 3.63) is 64.1 Å². The van der Waals surface area contributed by atoms with Crippen molar-refractivity contribution in [3.63, 3.8) is 0 Å². The number of hydrogen-bond acceptors (Lipinski definition) is 6. The number of hydrogen-bond donors (Lipinski definition) is 2. The van der Waals surface area contributed by atoms with Crippen LogP contribution >= 0.6 is 11.6 Å². The molecule has 3 N–H and O–H groups in total. The number of aromatic carboxylic acids is 1. The smallest absolute Gasteiger partial charge is 0.335 e. The third-order valence-corrected chi connectivity index (χ3v) is 5.79.